The van der Waals surface area contributed by atoms with E-state index in [-0.39, 0.29) is 17.7 Å². The Hall–Kier alpha value is -3.67. The minimum absolute atomic E-state index is 0.0348. The van der Waals surface area contributed by atoms with Crippen LogP contribution in [0.5, 0.6) is 0 Å². The van der Waals surface area contributed by atoms with Gasteiger partial charge in [0.2, 0.25) is 11.8 Å². The smallest absolute Gasteiger partial charge is 0.246 e. The molecular weight excluding hydrogens is 412 g/mol. The van der Waals surface area contributed by atoms with Crippen molar-refractivity contribution in [3.63, 3.8) is 0 Å². The highest BCUT2D eigenvalue weighted by Gasteiger charge is 2.27. The fourth-order valence-electron chi connectivity index (χ4n) is 4.21. The first-order valence-corrected chi connectivity index (χ1v) is 11.6. The molecule has 0 unspecified atom stereocenters. The number of piperidine rings is 1. The van der Waals surface area contributed by atoms with Gasteiger partial charge in [0.1, 0.15) is 0 Å². The van der Waals surface area contributed by atoms with E-state index in [9.17, 15) is 9.59 Å². The van der Waals surface area contributed by atoms with E-state index in [4.69, 9.17) is 5.10 Å². The van der Waals surface area contributed by atoms with E-state index in [1.54, 1.807) is 11.0 Å². The first-order valence-electron chi connectivity index (χ1n) is 11.6. The SMILES string of the molecule is CCNC(=O)[C@H]1CCCN(C(=O)/C=C\c2cn(Cc3ccccc3)nc2-c2ccccc2)C1. The number of carbonyl (C=O) groups excluding carboxylic acids is 2. The number of nitrogens with zero attached hydrogens (tertiary/aromatic N) is 3. The molecule has 1 aliphatic heterocycles. The molecule has 4 rings (SSSR count). The maximum absolute atomic E-state index is 12.9. The molecule has 6 heteroatoms. The van der Waals surface area contributed by atoms with Gasteiger partial charge in [0.25, 0.3) is 0 Å². The summed E-state index contributed by atoms with van der Waals surface area (Å²) >= 11 is 0. The lowest BCUT2D eigenvalue weighted by molar-refractivity contribution is -0.132. The van der Waals surface area contributed by atoms with Gasteiger partial charge in [-0.2, -0.15) is 5.10 Å². The summed E-state index contributed by atoms with van der Waals surface area (Å²) < 4.78 is 1.91. The predicted octanol–water partition coefficient (Wildman–Crippen LogP) is 3.99. The Labute approximate surface area is 194 Å². The van der Waals surface area contributed by atoms with Crippen molar-refractivity contribution in [2.24, 2.45) is 5.92 Å². The average Bonchev–Trinajstić information content (AvgIpc) is 3.26. The second kappa shape index (κ2) is 10.8. The van der Waals surface area contributed by atoms with Crippen LogP contribution in [0.3, 0.4) is 0 Å². The normalized spacial score (nSPS) is 16.2. The van der Waals surface area contributed by atoms with Crippen LogP contribution in [-0.2, 0) is 16.1 Å². The Morgan fingerprint density at radius 1 is 1.09 bits per heavy atom. The van der Waals surface area contributed by atoms with Gasteiger partial charge in [0.15, 0.2) is 0 Å². The highest BCUT2D eigenvalue weighted by molar-refractivity contribution is 5.93. The molecule has 6 nitrogen and oxygen atoms in total. The van der Waals surface area contributed by atoms with E-state index in [1.165, 1.54) is 0 Å². The molecule has 0 spiro atoms. The molecule has 3 aromatic rings. The number of benzene rings is 2. The van der Waals surface area contributed by atoms with E-state index in [0.717, 1.165) is 35.2 Å². The van der Waals surface area contributed by atoms with Crippen LogP contribution < -0.4 is 5.32 Å². The molecule has 1 saturated heterocycles. The van der Waals surface area contributed by atoms with Gasteiger partial charge in [-0.3, -0.25) is 14.3 Å². The summed E-state index contributed by atoms with van der Waals surface area (Å²) in [6, 6.07) is 20.2. The van der Waals surface area contributed by atoms with E-state index >= 15 is 0 Å². The van der Waals surface area contributed by atoms with Crippen molar-refractivity contribution in [3.8, 4) is 11.3 Å². The van der Waals surface area contributed by atoms with Gasteiger partial charge in [-0.25, -0.2) is 0 Å². The van der Waals surface area contributed by atoms with E-state index < -0.39 is 0 Å². The first kappa shape index (κ1) is 22.5. The van der Waals surface area contributed by atoms with Gasteiger partial charge < -0.3 is 10.2 Å². The van der Waals surface area contributed by atoms with Gasteiger partial charge in [0.05, 0.1) is 18.2 Å². The zero-order valence-electron chi connectivity index (χ0n) is 19.0. The topological polar surface area (TPSA) is 67.2 Å². The van der Waals surface area contributed by atoms with Crippen LogP contribution in [0.4, 0.5) is 0 Å². The summed E-state index contributed by atoms with van der Waals surface area (Å²) in [4.78, 5) is 26.9. The third-order valence-corrected chi connectivity index (χ3v) is 5.88. The summed E-state index contributed by atoms with van der Waals surface area (Å²) in [5.74, 6) is -0.170. The highest BCUT2D eigenvalue weighted by Crippen LogP contribution is 2.24. The van der Waals surface area contributed by atoms with Crippen molar-refractivity contribution in [2.45, 2.75) is 26.3 Å². The molecule has 0 aliphatic carbocycles. The average molecular weight is 443 g/mol. The minimum Gasteiger partial charge on any atom is -0.356 e. The lowest BCUT2D eigenvalue weighted by Crippen LogP contribution is -2.44. The Morgan fingerprint density at radius 2 is 1.82 bits per heavy atom. The number of aromatic nitrogens is 2. The molecule has 1 atom stereocenters. The number of rotatable bonds is 7. The lowest BCUT2D eigenvalue weighted by Gasteiger charge is -2.31. The summed E-state index contributed by atoms with van der Waals surface area (Å²) in [7, 11) is 0. The Kier molecular flexibility index (Phi) is 7.35. The molecule has 0 radical (unpaired) electrons. The minimum atomic E-state index is -0.135. The second-order valence-corrected chi connectivity index (χ2v) is 8.33. The van der Waals surface area contributed by atoms with Gasteiger partial charge in [-0.1, -0.05) is 60.7 Å². The molecule has 2 heterocycles. The van der Waals surface area contributed by atoms with Crippen LogP contribution in [0.1, 0.15) is 30.9 Å². The Balaban J connectivity index is 1.53. The third kappa shape index (κ3) is 5.77. The summed E-state index contributed by atoms with van der Waals surface area (Å²) in [5.41, 5.74) is 3.90. The molecule has 2 amide bonds. The summed E-state index contributed by atoms with van der Waals surface area (Å²) in [6.45, 7) is 4.32. The fourth-order valence-corrected chi connectivity index (χ4v) is 4.21. The van der Waals surface area contributed by atoms with Gasteiger partial charge in [0, 0.05) is 43.0 Å². The molecular formula is C27H30N4O2. The molecule has 1 aliphatic rings. The number of amides is 2. The van der Waals surface area contributed by atoms with Crippen LogP contribution in [0.25, 0.3) is 17.3 Å². The molecule has 1 fully saturated rings. The van der Waals surface area contributed by atoms with Crippen molar-refractivity contribution in [2.75, 3.05) is 19.6 Å². The fraction of sp³-hybridized carbons (Fsp3) is 0.296. The lowest BCUT2D eigenvalue weighted by atomic mass is 9.97. The zero-order valence-corrected chi connectivity index (χ0v) is 19.0. The van der Waals surface area contributed by atoms with Crippen molar-refractivity contribution in [1.82, 2.24) is 20.0 Å². The maximum atomic E-state index is 12.9. The number of carbonyl (C=O) groups is 2. The molecule has 0 bridgehead atoms. The van der Waals surface area contributed by atoms with Crippen LogP contribution >= 0.6 is 0 Å². The van der Waals surface area contributed by atoms with Crippen LogP contribution in [0, 0.1) is 5.92 Å². The van der Waals surface area contributed by atoms with Gasteiger partial charge in [-0.15, -0.1) is 0 Å². The molecule has 2 aromatic carbocycles. The second-order valence-electron chi connectivity index (χ2n) is 8.33. The predicted molar refractivity (Wildman–Crippen MR) is 130 cm³/mol. The quantitative estimate of drug-likeness (QED) is 0.563. The summed E-state index contributed by atoms with van der Waals surface area (Å²) in [6.07, 6.45) is 7.09. The van der Waals surface area contributed by atoms with Crippen molar-refractivity contribution in [1.29, 1.82) is 0 Å². The van der Waals surface area contributed by atoms with E-state index in [1.807, 2.05) is 72.4 Å². The monoisotopic (exact) mass is 442 g/mol. The van der Waals surface area contributed by atoms with Crippen molar-refractivity contribution >= 4 is 17.9 Å². The van der Waals surface area contributed by atoms with Crippen LogP contribution in [0.2, 0.25) is 0 Å². The number of hydrogen-bond donors (Lipinski definition) is 1. The molecule has 0 saturated carbocycles. The molecule has 1 aromatic heterocycles. The maximum Gasteiger partial charge on any atom is 0.246 e. The van der Waals surface area contributed by atoms with Gasteiger partial charge >= 0.3 is 0 Å². The molecule has 170 valence electrons. The highest BCUT2D eigenvalue weighted by atomic mass is 16.2. The zero-order chi connectivity index (χ0) is 23.0. The molecule has 1 N–H and O–H groups in total. The Bertz CT molecular complexity index is 1110. The van der Waals surface area contributed by atoms with Crippen LogP contribution in [0.15, 0.2) is 72.9 Å². The Morgan fingerprint density at radius 3 is 2.55 bits per heavy atom. The number of nitrogens with one attached hydrogen (secondary N) is 1. The largest absolute Gasteiger partial charge is 0.356 e. The first-order chi connectivity index (χ1) is 16.1. The molecule has 33 heavy (non-hydrogen) atoms. The van der Waals surface area contributed by atoms with E-state index in [0.29, 0.717) is 26.2 Å². The van der Waals surface area contributed by atoms with Crippen LogP contribution in [-0.4, -0.2) is 46.1 Å². The third-order valence-electron chi connectivity index (χ3n) is 5.88. The van der Waals surface area contributed by atoms with E-state index in [2.05, 4.69) is 17.4 Å². The number of hydrogen-bond acceptors (Lipinski definition) is 3. The standard InChI is InChI=1S/C27H30N4O2/c1-2-28-27(33)24-14-9-17-30(19-24)25(32)16-15-23-20-31(18-21-10-5-3-6-11-21)29-26(23)22-12-7-4-8-13-22/h3-8,10-13,15-16,20,24H,2,9,14,17-19H2,1H3,(H,28,33)/b16-15-/t24-/m0/s1. The van der Waals surface area contributed by atoms with Crippen molar-refractivity contribution < 1.29 is 9.59 Å². The number of likely N-dealkylation sites (tertiary alicyclic amines) is 1. The van der Waals surface area contributed by atoms with Crippen molar-refractivity contribution in [3.05, 3.63) is 84.1 Å². The summed E-state index contributed by atoms with van der Waals surface area (Å²) in [5, 5.41) is 7.68. The van der Waals surface area contributed by atoms with Gasteiger partial charge in [-0.05, 0) is 31.4 Å².